The molecule has 25 heavy (non-hydrogen) atoms. The van der Waals surface area contributed by atoms with E-state index in [9.17, 15) is 18.3 Å². The lowest BCUT2D eigenvalue weighted by molar-refractivity contribution is -0.304. The van der Waals surface area contributed by atoms with Crippen molar-refractivity contribution in [2.45, 2.75) is 25.0 Å². The van der Waals surface area contributed by atoms with Crippen LogP contribution in [-0.2, 0) is 39.8 Å². The third kappa shape index (κ3) is 4.90. The molecule has 1 aliphatic carbocycles. The average molecular weight is 358 g/mol. The summed E-state index contributed by atoms with van der Waals surface area (Å²) in [6, 6.07) is 14.7. The second-order valence-corrected chi connectivity index (χ2v) is 8.33. The zero-order valence-corrected chi connectivity index (χ0v) is 14.6. The van der Waals surface area contributed by atoms with Crippen molar-refractivity contribution in [2.75, 3.05) is 6.54 Å². The van der Waals surface area contributed by atoms with E-state index in [-0.39, 0.29) is 18.1 Å². The van der Waals surface area contributed by atoms with Gasteiger partial charge in [0, 0.05) is 18.9 Å². The van der Waals surface area contributed by atoms with Gasteiger partial charge in [-0.3, -0.25) is 0 Å². The van der Waals surface area contributed by atoms with Crippen molar-refractivity contribution in [3.8, 4) is 0 Å². The number of nitrogens with one attached hydrogen (secondary N) is 1. The Balaban J connectivity index is 1.57. The fourth-order valence-electron chi connectivity index (χ4n) is 3.27. The van der Waals surface area contributed by atoms with Crippen LogP contribution in [0.3, 0.4) is 0 Å². The molecule has 3 rings (SSSR count). The van der Waals surface area contributed by atoms with Gasteiger partial charge < -0.3 is 9.90 Å². The summed E-state index contributed by atoms with van der Waals surface area (Å²) in [4.78, 5) is 10.7. The highest BCUT2D eigenvalue weighted by atomic mass is 32.2. The topological polar surface area (TPSA) is 86.3 Å². The van der Waals surface area contributed by atoms with Crippen LogP contribution >= 0.6 is 0 Å². The zero-order chi connectivity index (χ0) is 17.9. The Labute approximate surface area is 147 Å². The van der Waals surface area contributed by atoms with Crippen molar-refractivity contribution in [3.05, 3.63) is 70.8 Å². The van der Waals surface area contributed by atoms with E-state index in [1.54, 1.807) is 18.2 Å². The molecule has 1 atom stereocenters. The number of hydrogen-bond donors (Lipinski definition) is 1. The Morgan fingerprint density at radius 1 is 1.04 bits per heavy atom. The number of rotatable bonds is 7. The Bertz CT molecular complexity index is 862. The van der Waals surface area contributed by atoms with Crippen LogP contribution in [0.1, 0.15) is 22.3 Å². The van der Waals surface area contributed by atoms with E-state index in [2.05, 4.69) is 4.72 Å². The highest BCUT2D eigenvalue weighted by molar-refractivity contribution is 7.88. The van der Waals surface area contributed by atoms with Crippen LogP contribution in [0.2, 0.25) is 0 Å². The van der Waals surface area contributed by atoms with Crippen molar-refractivity contribution in [1.29, 1.82) is 0 Å². The van der Waals surface area contributed by atoms with Gasteiger partial charge in [-0.05, 0) is 41.0 Å². The van der Waals surface area contributed by atoms with Crippen LogP contribution in [0.25, 0.3) is 0 Å². The monoisotopic (exact) mass is 358 g/mol. The van der Waals surface area contributed by atoms with Gasteiger partial charge in [0.1, 0.15) is 0 Å². The molecule has 2 aromatic rings. The Kier molecular flexibility index (Phi) is 5.20. The Morgan fingerprint density at radius 3 is 2.48 bits per heavy atom. The first kappa shape index (κ1) is 17.6. The molecule has 2 aromatic carbocycles. The van der Waals surface area contributed by atoms with Gasteiger partial charge in [0.25, 0.3) is 0 Å². The molecule has 0 radical (unpaired) electrons. The van der Waals surface area contributed by atoms with E-state index in [1.807, 2.05) is 30.3 Å². The van der Waals surface area contributed by atoms with Crippen LogP contribution in [0.4, 0.5) is 0 Å². The number of carbonyl (C=O) groups excluding carboxylic acids is 1. The summed E-state index contributed by atoms with van der Waals surface area (Å²) < 4.78 is 27.1. The van der Waals surface area contributed by atoms with Gasteiger partial charge in [0.15, 0.2) is 0 Å². The molecule has 1 N–H and O–H groups in total. The summed E-state index contributed by atoms with van der Waals surface area (Å²) in [6.45, 7) is 0.389. The molecule has 1 aliphatic rings. The molecule has 1 unspecified atom stereocenters. The molecule has 0 fully saturated rings. The van der Waals surface area contributed by atoms with Crippen LogP contribution in [0, 0.1) is 5.92 Å². The Morgan fingerprint density at radius 2 is 1.76 bits per heavy atom. The smallest absolute Gasteiger partial charge is 0.215 e. The van der Waals surface area contributed by atoms with Crippen LogP contribution in [0.15, 0.2) is 48.5 Å². The maximum Gasteiger partial charge on any atom is 0.215 e. The summed E-state index contributed by atoms with van der Waals surface area (Å²) >= 11 is 0. The van der Waals surface area contributed by atoms with E-state index in [0.717, 1.165) is 35.1 Å². The summed E-state index contributed by atoms with van der Waals surface area (Å²) in [7, 11) is -3.37. The van der Waals surface area contributed by atoms with Crippen LogP contribution in [-0.4, -0.2) is 20.9 Å². The molecule has 5 nitrogen and oxygen atoms in total. The average Bonchev–Trinajstić information content (AvgIpc) is 2.95. The molecule has 132 valence electrons. The van der Waals surface area contributed by atoms with E-state index >= 15 is 0 Å². The zero-order valence-electron chi connectivity index (χ0n) is 13.8. The van der Waals surface area contributed by atoms with Gasteiger partial charge >= 0.3 is 0 Å². The first-order chi connectivity index (χ1) is 11.9. The van der Waals surface area contributed by atoms with E-state index in [4.69, 9.17) is 0 Å². The highest BCUT2D eigenvalue weighted by Crippen LogP contribution is 2.27. The second-order valence-electron chi connectivity index (χ2n) is 6.52. The normalized spacial score (nSPS) is 16.6. The lowest BCUT2D eigenvalue weighted by Crippen LogP contribution is -2.30. The molecule has 6 heteroatoms. The number of carboxylic acids is 1. The Hall–Kier alpha value is -2.18. The van der Waals surface area contributed by atoms with Gasteiger partial charge in [-0.2, -0.15) is 0 Å². The van der Waals surface area contributed by atoms with Crippen molar-refractivity contribution in [1.82, 2.24) is 4.72 Å². The van der Waals surface area contributed by atoms with Gasteiger partial charge in [-0.25, -0.2) is 13.1 Å². The fourth-order valence-corrected chi connectivity index (χ4v) is 4.50. The molecule has 0 saturated carbocycles. The third-order valence-corrected chi connectivity index (χ3v) is 5.75. The van der Waals surface area contributed by atoms with Crippen molar-refractivity contribution in [2.24, 2.45) is 5.92 Å². The predicted octanol–water partition coefficient (Wildman–Crippen LogP) is 0.813. The van der Waals surface area contributed by atoms with Crippen LogP contribution in [0.5, 0.6) is 0 Å². The number of carboxylic acid groups (broad SMARTS) is 1. The van der Waals surface area contributed by atoms with Crippen molar-refractivity contribution < 1.29 is 18.3 Å². The molecule has 0 amide bonds. The van der Waals surface area contributed by atoms with E-state index < -0.39 is 16.0 Å². The fraction of sp³-hybridized carbons (Fsp3) is 0.316. The standard InChI is InChI=1S/C19H21NO4S/c21-19(22)11-15-6-7-17-9-16(10-18(17)8-15)12-20-25(23,24)13-14-4-2-1-3-5-14/h1-8,16,20H,9-13H2,(H,21,22)/p-1. The van der Waals surface area contributed by atoms with Crippen molar-refractivity contribution >= 4 is 16.0 Å². The third-order valence-electron chi connectivity index (χ3n) is 4.43. The van der Waals surface area contributed by atoms with E-state index in [0.29, 0.717) is 6.54 Å². The minimum atomic E-state index is -3.37. The number of sulfonamides is 1. The predicted molar refractivity (Wildman–Crippen MR) is 93.1 cm³/mol. The molecular formula is C19H20NO4S-. The summed E-state index contributed by atoms with van der Waals surface area (Å²) in [5.74, 6) is -0.926. The minimum Gasteiger partial charge on any atom is -0.550 e. The molecular weight excluding hydrogens is 338 g/mol. The molecule has 0 heterocycles. The molecule has 0 bridgehead atoms. The highest BCUT2D eigenvalue weighted by Gasteiger charge is 2.23. The summed E-state index contributed by atoms with van der Waals surface area (Å²) in [5.41, 5.74) is 3.75. The first-order valence-corrected chi connectivity index (χ1v) is 9.88. The maximum absolute atomic E-state index is 12.2. The number of aliphatic carboxylic acids is 1. The number of hydrogen-bond acceptors (Lipinski definition) is 4. The first-order valence-electron chi connectivity index (χ1n) is 8.23. The molecule has 0 aliphatic heterocycles. The quantitative estimate of drug-likeness (QED) is 0.794. The summed E-state index contributed by atoms with van der Waals surface area (Å²) in [5, 5.41) is 10.7. The molecule has 0 aromatic heterocycles. The van der Waals surface area contributed by atoms with Crippen molar-refractivity contribution in [3.63, 3.8) is 0 Å². The lowest BCUT2D eigenvalue weighted by atomic mass is 10.0. The van der Waals surface area contributed by atoms with Gasteiger partial charge in [-0.1, -0.05) is 48.5 Å². The maximum atomic E-state index is 12.2. The number of carbonyl (C=O) groups is 1. The molecule has 0 spiro atoms. The minimum absolute atomic E-state index is 0.0245. The number of benzene rings is 2. The molecule has 0 saturated heterocycles. The van der Waals surface area contributed by atoms with Gasteiger partial charge in [-0.15, -0.1) is 0 Å². The largest absolute Gasteiger partial charge is 0.550 e. The second kappa shape index (κ2) is 7.37. The van der Waals surface area contributed by atoms with E-state index in [1.165, 1.54) is 0 Å². The van der Waals surface area contributed by atoms with Gasteiger partial charge in [0.2, 0.25) is 10.0 Å². The van der Waals surface area contributed by atoms with Crippen LogP contribution < -0.4 is 9.83 Å². The SMILES string of the molecule is O=C([O-])Cc1ccc2c(c1)CC(CNS(=O)(=O)Cc1ccccc1)C2. The number of fused-ring (bicyclic) bond motifs is 1. The van der Waals surface area contributed by atoms with Gasteiger partial charge in [0.05, 0.1) is 5.75 Å². The summed E-state index contributed by atoms with van der Waals surface area (Å²) in [6.07, 6.45) is 1.46. The lowest BCUT2D eigenvalue weighted by Gasteiger charge is -2.11.